The van der Waals surface area contributed by atoms with E-state index in [9.17, 15) is 26.4 Å². The molecule has 0 aliphatic carbocycles. The number of halogens is 3. The molecule has 0 saturated carbocycles. The van der Waals surface area contributed by atoms with Crippen molar-refractivity contribution in [3.8, 4) is 0 Å². The van der Waals surface area contributed by atoms with E-state index in [1.54, 1.807) is 19.1 Å². The van der Waals surface area contributed by atoms with Crippen LogP contribution in [0.2, 0.25) is 0 Å². The number of hydrogen-bond acceptors (Lipinski definition) is 3. The van der Waals surface area contributed by atoms with Gasteiger partial charge in [0.25, 0.3) is 10.0 Å². The molecule has 2 aromatic carbocycles. The molecule has 0 aliphatic heterocycles. The van der Waals surface area contributed by atoms with Gasteiger partial charge in [0.15, 0.2) is 6.29 Å². The number of aldehydes is 1. The maximum absolute atomic E-state index is 12.9. The van der Waals surface area contributed by atoms with Crippen LogP contribution in [0.4, 0.5) is 18.9 Å². The highest BCUT2D eigenvalue weighted by atomic mass is 32.2. The Labute approximate surface area is 131 Å². The minimum absolute atomic E-state index is 0.0180. The molecule has 2 rings (SSSR count). The van der Waals surface area contributed by atoms with E-state index in [1.165, 1.54) is 12.1 Å². The first kappa shape index (κ1) is 17.0. The maximum atomic E-state index is 12.9. The molecular formula is C15H12F3NO3S. The van der Waals surface area contributed by atoms with Gasteiger partial charge in [-0.05, 0) is 31.2 Å². The molecule has 1 N–H and O–H groups in total. The van der Waals surface area contributed by atoms with Crippen molar-refractivity contribution < 1.29 is 26.4 Å². The summed E-state index contributed by atoms with van der Waals surface area (Å²) in [4.78, 5) is 10.9. The van der Waals surface area contributed by atoms with E-state index in [4.69, 9.17) is 0 Å². The highest BCUT2D eigenvalue weighted by Crippen LogP contribution is 2.34. The zero-order chi connectivity index (χ0) is 17.3. The molecule has 0 atom stereocenters. The van der Waals surface area contributed by atoms with E-state index in [1.807, 2.05) is 4.72 Å². The highest BCUT2D eigenvalue weighted by molar-refractivity contribution is 7.92. The third-order valence-electron chi connectivity index (χ3n) is 3.10. The molecule has 0 aromatic heterocycles. The molecule has 0 unspecified atom stereocenters. The Morgan fingerprint density at radius 2 is 1.65 bits per heavy atom. The number of carbonyl (C=O) groups excluding carboxylic acids is 1. The Morgan fingerprint density at radius 3 is 2.17 bits per heavy atom. The van der Waals surface area contributed by atoms with Crippen molar-refractivity contribution in [1.82, 2.24) is 0 Å². The molecule has 0 saturated heterocycles. The summed E-state index contributed by atoms with van der Waals surface area (Å²) in [6, 6.07) is 8.61. The van der Waals surface area contributed by atoms with E-state index in [-0.39, 0.29) is 11.2 Å². The first-order chi connectivity index (χ1) is 10.6. The smallest absolute Gasteiger partial charge is 0.298 e. The van der Waals surface area contributed by atoms with Crippen molar-refractivity contribution >= 4 is 22.0 Å². The Balaban J connectivity index is 2.48. The van der Waals surface area contributed by atoms with Crippen LogP contribution in [0.3, 0.4) is 0 Å². The average Bonchev–Trinajstić information content (AvgIpc) is 2.46. The Morgan fingerprint density at radius 1 is 1.04 bits per heavy atom. The zero-order valence-electron chi connectivity index (χ0n) is 11.9. The Kier molecular flexibility index (Phi) is 4.46. The van der Waals surface area contributed by atoms with Gasteiger partial charge in [-0.15, -0.1) is 0 Å². The summed E-state index contributed by atoms with van der Waals surface area (Å²) in [7, 11) is -4.10. The van der Waals surface area contributed by atoms with Gasteiger partial charge in [0.2, 0.25) is 0 Å². The van der Waals surface area contributed by atoms with Crippen LogP contribution in [0.15, 0.2) is 47.4 Å². The fourth-order valence-electron chi connectivity index (χ4n) is 1.95. The lowest BCUT2D eigenvalue weighted by Gasteiger charge is -2.14. The van der Waals surface area contributed by atoms with E-state index in [0.717, 1.165) is 17.7 Å². The lowest BCUT2D eigenvalue weighted by atomic mass is 10.1. The molecule has 2 aromatic rings. The largest absolute Gasteiger partial charge is 0.417 e. The number of anilines is 1. The predicted molar refractivity (Wildman–Crippen MR) is 78.8 cm³/mol. The standard InChI is InChI=1S/C15H12F3NO3S/c1-10-5-7-11(8-6-10)23(21,22)19-14-4-2-3-13(12(14)9-20)15(16,17)18/h2-9,19H,1H3. The molecular weight excluding hydrogens is 331 g/mol. The number of aryl methyl sites for hydroxylation is 1. The van der Waals surface area contributed by atoms with Crippen molar-refractivity contribution in [1.29, 1.82) is 0 Å². The fraction of sp³-hybridized carbons (Fsp3) is 0.133. The van der Waals surface area contributed by atoms with Crippen LogP contribution in [-0.2, 0) is 16.2 Å². The van der Waals surface area contributed by atoms with Gasteiger partial charge in [0.05, 0.1) is 21.7 Å². The number of sulfonamides is 1. The summed E-state index contributed by atoms with van der Waals surface area (Å²) >= 11 is 0. The molecule has 0 heterocycles. The first-order valence-corrected chi connectivity index (χ1v) is 7.88. The summed E-state index contributed by atoms with van der Waals surface area (Å²) in [5.41, 5.74) is -1.54. The van der Waals surface area contributed by atoms with Crippen LogP contribution in [-0.4, -0.2) is 14.7 Å². The number of rotatable bonds is 4. The monoisotopic (exact) mass is 343 g/mol. The first-order valence-electron chi connectivity index (χ1n) is 6.40. The van der Waals surface area contributed by atoms with Crippen molar-refractivity contribution in [2.75, 3.05) is 4.72 Å². The second-order valence-electron chi connectivity index (χ2n) is 4.80. The SMILES string of the molecule is Cc1ccc(S(=O)(=O)Nc2cccc(C(F)(F)F)c2C=O)cc1. The molecule has 23 heavy (non-hydrogen) atoms. The number of alkyl halides is 3. The topological polar surface area (TPSA) is 63.2 Å². The van der Waals surface area contributed by atoms with Crippen LogP contribution in [0.1, 0.15) is 21.5 Å². The third kappa shape index (κ3) is 3.70. The molecule has 122 valence electrons. The summed E-state index contributed by atoms with van der Waals surface area (Å²) in [6.07, 6.45) is -4.78. The van der Waals surface area contributed by atoms with Gasteiger partial charge < -0.3 is 0 Å². The van der Waals surface area contributed by atoms with Gasteiger partial charge in [-0.25, -0.2) is 8.42 Å². The van der Waals surface area contributed by atoms with Crippen molar-refractivity contribution in [3.63, 3.8) is 0 Å². The van der Waals surface area contributed by atoms with E-state index < -0.39 is 33.0 Å². The molecule has 0 bridgehead atoms. The lowest BCUT2D eigenvalue weighted by molar-refractivity contribution is -0.137. The van der Waals surface area contributed by atoms with Crippen molar-refractivity contribution in [3.05, 3.63) is 59.2 Å². The van der Waals surface area contributed by atoms with E-state index >= 15 is 0 Å². The maximum Gasteiger partial charge on any atom is 0.417 e. The van der Waals surface area contributed by atoms with Crippen LogP contribution < -0.4 is 4.72 Å². The van der Waals surface area contributed by atoms with Crippen LogP contribution in [0.25, 0.3) is 0 Å². The number of benzene rings is 2. The van der Waals surface area contributed by atoms with Crippen LogP contribution in [0.5, 0.6) is 0 Å². The minimum atomic E-state index is -4.76. The van der Waals surface area contributed by atoms with Gasteiger partial charge in [-0.1, -0.05) is 23.8 Å². The Bertz CT molecular complexity index is 828. The molecule has 4 nitrogen and oxygen atoms in total. The molecule has 0 fully saturated rings. The summed E-state index contributed by atoms with van der Waals surface area (Å²) in [5.74, 6) is 0. The lowest BCUT2D eigenvalue weighted by Crippen LogP contribution is -2.17. The van der Waals surface area contributed by atoms with Crippen molar-refractivity contribution in [2.45, 2.75) is 18.0 Å². The quantitative estimate of drug-likeness (QED) is 0.863. The zero-order valence-corrected chi connectivity index (χ0v) is 12.7. The van der Waals surface area contributed by atoms with Gasteiger partial charge in [-0.3, -0.25) is 9.52 Å². The summed E-state index contributed by atoms with van der Waals surface area (Å²) in [6.45, 7) is 1.77. The fourth-order valence-corrected chi connectivity index (χ4v) is 3.03. The third-order valence-corrected chi connectivity index (χ3v) is 4.49. The second kappa shape index (κ2) is 6.04. The second-order valence-corrected chi connectivity index (χ2v) is 6.48. The predicted octanol–water partition coefficient (Wildman–Crippen LogP) is 3.63. The molecule has 8 heteroatoms. The van der Waals surface area contributed by atoms with E-state index in [0.29, 0.717) is 6.07 Å². The molecule has 0 spiro atoms. The average molecular weight is 343 g/mol. The van der Waals surface area contributed by atoms with Gasteiger partial charge >= 0.3 is 6.18 Å². The molecule has 0 amide bonds. The normalized spacial score (nSPS) is 12.0. The molecule has 0 radical (unpaired) electrons. The summed E-state index contributed by atoms with van der Waals surface area (Å²) < 4.78 is 65.1. The van der Waals surface area contributed by atoms with E-state index in [2.05, 4.69) is 0 Å². The van der Waals surface area contributed by atoms with Crippen LogP contribution >= 0.6 is 0 Å². The van der Waals surface area contributed by atoms with Gasteiger partial charge in [0, 0.05) is 0 Å². The summed E-state index contributed by atoms with van der Waals surface area (Å²) in [5, 5.41) is 0. The Hall–Kier alpha value is -2.35. The number of nitrogens with one attached hydrogen (secondary N) is 1. The van der Waals surface area contributed by atoms with Crippen LogP contribution in [0, 0.1) is 6.92 Å². The molecule has 0 aliphatic rings. The van der Waals surface area contributed by atoms with Crippen molar-refractivity contribution in [2.24, 2.45) is 0 Å². The van der Waals surface area contributed by atoms with Gasteiger partial charge in [0.1, 0.15) is 0 Å². The number of carbonyl (C=O) groups is 1. The minimum Gasteiger partial charge on any atom is -0.298 e. The number of hydrogen-bond donors (Lipinski definition) is 1. The van der Waals surface area contributed by atoms with Gasteiger partial charge in [-0.2, -0.15) is 13.2 Å². The highest BCUT2D eigenvalue weighted by Gasteiger charge is 2.34.